The highest BCUT2D eigenvalue weighted by atomic mass is 16.1. The Morgan fingerprint density at radius 3 is 2.65 bits per heavy atom. The molecule has 2 heterocycles. The van der Waals surface area contributed by atoms with Crippen LogP contribution in [-0.2, 0) is 18.4 Å². The summed E-state index contributed by atoms with van der Waals surface area (Å²) in [6.45, 7) is 2.75. The first-order valence-corrected chi connectivity index (χ1v) is 8.74. The van der Waals surface area contributed by atoms with Crippen LogP contribution in [0.5, 0.6) is 0 Å². The summed E-state index contributed by atoms with van der Waals surface area (Å²) in [5, 5.41) is 19.0. The van der Waals surface area contributed by atoms with E-state index in [1.54, 1.807) is 4.68 Å². The molecular formula is C18H23N7O. The number of aryl methyl sites for hydroxylation is 3. The minimum absolute atomic E-state index is 0.0120. The van der Waals surface area contributed by atoms with E-state index in [1.807, 2.05) is 55.3 Å². The van der Waals surface area contributed by atoms with E-state index in [4.69, 9.17) is 0 Å². The van der Waals surface area contributed by atoms with E-state index in [9.17, 15) is 4.79 Å². The summed E-state index contributed by atoms with van der Waals surface area (Å²) in [6, 6.07) is 7.63. The molecule has 0 spiro atoms. The Kier molecular flexibility index (Phi) is 5.73. The molecule has 0 fully saturated rings. The molecule has 2 aromatic heterocycles. The van der Waals surface area contributed by atoms with Crippen molar-refractivity contribution in [1.82, 2.24) is 30.0 Å². The zero-order chi connectivity index (χ0) is 18.4. The van der Waals surface area contributed by atoms with Crippen LogP contribution < -0.4 is 5.32 Å². The molecule has 3 rings (SSSR count). The lowest BCUT2D eigenvalue weighted by Gasteiger charge is -2.09. The second-order valence-electron chi connectivity index (χ2n) is 6.30. The van der Waals surface area contributed by atoms with Gasteiger partial charge in [0.1, 0.15) is 5.69 Å². The Hall–Kier alpha value is -3.03. The maximum atomic E-state index is 12.3. The highest BCUT2D eigenvalue weighted by Gasteiger charge is 2.10. The van der Waals surface area contributed by atoms with E-state index >= 15 is 0 Å². The Labute approximate surface area is 152 Å². The lowest BCUT2D eigenvalue weighted by molar-refractivity contribution is -0.116. The zero-order valence-electron chi connectivity index (χ0n) is 15.1. The van der Waals surface area contributed by atoms with Gasteiger partial charge in [-0.15, -0.1) is 10.2 Å². The van der Waals surface area contributed by atoms with Crippen molar-refractivity contribution in [1.29, 1.82) is 0 Å². The molecule has 8 nitrogen and oxygen atoms in total. The molecule has 0 unspecified atom stereocenters. The standard InChI is InChI=1S/C18H23N7O/c1-14-12-25(23-20-14)11-7-3-4-10-18(26)19-16-9-6-5-8-15(16)17-13-24(2)22-21-17/h5-6,8-9,12-13H,3-4,7,10-11H2,1-2H3,(H,19,26). The first-order valence-electron chi connectivity index (χ1n) is 8.74. The minimum Gasteiger partial charge on any atom is -0.325 e. The van der Waals surface area contributed by atoms with E-state index in [1.165, 1.54) is 0 Å². The van der Waals surface area contributed by atoms with Crippen molar-refractivity contribution >= 4 is 11.6 Å². The molecule has 0 radical (unpaired) electrons. The van der Waals surface area contributed by atoms with Crippen LogP contribution in [0.2, 0.25) is 0 Å². The first-order chi connectivity index (χ1) is 12.6. The number of nitrogens with one attached hydrogen (secondary N) is 1. The van der Waals surface area contributed by atoms with Gasteiger partial charge in [0.05, 0.1) is 17.6 Å². The van der Waals surface area contributed by atoms with Crippen LogP contribution in [0.15, 0.2) is 36.7 Å². The number of nitrogens with zero attached hydrogens (tertiary/aromatic N) is 6. The third-order valence-corrected chi connectivity index (χ3v) is 4.02. The van der Waals surface area contributed by atoms with Crippen molar-refractivity contribution in [2.45, 2.75) is 39.2 Å². The van der Waals surface area contributed by atoms with E-state index in [0.29, 0.717) is 6.42 Å². The van der Waals surface area contributed by atoms with Gasteiger partial charge in [0, 0.05) is 31.8 Å². The zero-order valence-corrected chi connectivity index (χ0v) is 15.1. The number of benzene rings is 1. The van der Waals surface area contributed by atoms with Crippen LogP contribution in [0, 0.1) is 6.92 Å². The lowest BCUT2D eigenvalue weighted by atomic mass is 10.1. The smallest absolute Gasteiger partial charge is 0.224 e. The fourth-order valence-corrected chi connectivity index (χ4v) is 2.74. The second kappa shape index (κ2) is 8.37. The van der Waals surface area contributed by atoms with Gasteiger partial charge >= 0.3 is 0 Å². The van der Waals surface area contributed by atoms with E-state index in [2.05, 4.69) is 25.9 Å². The van der Waals surface area contributed by atoms with Gasteiger partial charge in [-0.05, 0) is 25.8 Å². The van der Waals surface area contributed by atoms with E-state index < -0.39 is 0 Å². The molecule has 8 heteroatoms. The van der Waals surface area contributed by atoms with Crippen molar-refractivity contribution in [3.63, 3.8) is 0 Å². The van der Waals surface area contributed by atoms with Crippen LogP contribution in [0.1, 0.15) is 31.4 Å². The average molecular weight is 353 g/mol. The highest BCUT2D eigenvalue weighted by molar-refractivity contribution is 5.94. The molecule has 0 aliphatic heterocycles. The molecule has 3 aromatic rings. The Balaban J connectivity index is 1.46. The third-order valence-electron chi connectivity index (χ3n) is 4.02. The number of carbonyl (C=O) groups excluding carboxylic acids is 1. The van der Waals surface area contributed by atoms with Gasteiger partial charge in [-0.1, -0.05) is 35.0 Å². The Morgan fingerprint density at radius 2 is 1.92 bits per heavy atom. The van der Waals surface area contributed by atoms with Crippen LogP contribution in [0.4, 0.5) is 5.69 Å². The fraction of sp³-hybridized carbons (Fsp3) is 0.389. The molecular weight excluding hydrogens is 330 g/mol. The number of unbranched alkanes of at least 4 members (excludes halogenated alkanes) is 2. The number of anilines is 1. The quantitative estimate of drug-likeness (QED) is 0.629. The maximum absolute atomic E-state index is 12.3. The largest absolute Gasteiger partial charge is 0.325 e. The predicted octanol–water partition coefficient (Wildman–Crippen LogP) is 2.58. The van der Waals surface area contributed by atoms with Gasteiger partial charge in [0.25, 0.3) is 0 Å². The minimum atomic E-state index is 0.0120. The summed E-state index contributed by atoms with van der Waals surface area (Å²) in [6.07, 6.45) is 7.04. The molecule has 26 heavy (non-hydrogen) atoms. The Bertz CT molecular complexity index is 868. The van der Waals surface area contributed by atoms with Crippen LogP contribution >= 0.6 is 0 Å². The van der Waals surface area contributed by atoms with Gasteiger partial charge in [-0.3, -0.25) is 14.2 Å². The maximum Gasteiger partial charge on any atom is 0.224 e. The summed E-state index contributed by atoms with van der Waals surface area (Å²) in [5.74, 6) is 0.0120. The molecule has 0 atom stereocenters. The molecule has 0 aliphatic carbocycles. The number of amides is 1. The lowest BCUT2D eigenvalue weighted by Crippen LogP contribution is -2.12. The van der Waals surface area contributed by atoms with Crippen molar-refractivity contribution in [3.05, 3.63) is 42.4 Å². The van der Waals surface area contributed by atoms with Crippen LogP contribution in [0.3, 0.4) is 0 Å². The molecule has 1 N–H and O–H groups in total. The molecule has 0 saturated carbocycles. The SMILES string of the molecule is Cc1cn(CCCCCC(=O)Nc2ccccc2-c2cn(C)nn2)nn1. The number of para-hydroxylation sites is 1. The van der Waals surface area contributed by atoms with Crippen LogP contribution in [-0.4, -0.2) is 35.9 Å². The van der Waals surface area contributed by atoms with E-state index in [0.717, 1.165) is 48.4 Å². The average Bonchev–Trinajstić information content (AvgIpc) is 3.23. The van der Waals surface area contributed by atoms with Gasteiger partial charge in [-0.25, -0.2) is 0 Å². The third kappa shape index (κ3) is 4.75. The van der Waals surface area contributed by atoms with Crippen molar-refractivity contribution in [2.75, 3.05) is 5.32 Å². The predicted molar refractivity (Wildman–Crippen MR) is 98.3 cm³/mol. The fourth-order valence-electron chi connectivity index (χ4n) is 2.74. The number of hydrogen-bond acceptors (Lipinski definition) is 5. The molecule has 0 saturated heterocycles. The van der Waals surface area contributed by atoms with E-state index in [-0.39, 0.29) is 5.91 Å². The summed E-state index contributed by atoms with van der Waals surface area (Å²) in [5.41, 5.74) is 3.30. The molecule has 0 aliphatic rings. The number of aromatic nitrogens is 6. The molecule has 136 valence electrons. The molecule has 0 bridgehead atoms. The summed E-state index contributed by atoms with van der Waals surface area (Å²) in [4.78, 5) is 12.3. The van der Waals surface area contributed by atoms with Crippen molar-refractivity contribution in [3.8, 4) is 11.3 Å². The van der Waals surface area contributed by atoms with Gasteiger partial charge in [0.15, 0.2) is 0 Å². The van der Waals surface area contributed by atoms with Gasteiger partial charge in [-0.2, -0.15) is 0 Å². The number of carbonyl (C=O) groups is 1. The summed E-state index contributed by atoms with van der Waals surface area (Å²) in [7, 11) is 1.82. The number of rotatable bonds is 8. The van der Waals surface area contributed by atoms with Crippen molar-refractivity contribution < 1.29 is 4.79 Å². The Morgan fingerprint density at radius 1 is 1.08 bits per heavy atom. The highest BCUT2D eigenvalue weighted by Crippen LogP contribution is 2.25. The summed E-state index contributed by atoms with van der Waals surface area (Å²) >= 11 is 0. The van der Waals surface area contributed by atoms with Crippen LogP contribution in [0.25, 0.3) is 11.3 Å². The second-order valence-corrected chi connectivity index (χ2v) is 6.30. The molecule has 1 amide bonds. The normalized spacial score (nSPS) is 10.8. The molecule has 1 aromatic carbocycles. The number of hydrogen-bond donors (Lipinski definition) is 1. The first kappa shape index (κ1) is 17.8. The summed E-state index contributed by atoms with van der Waals surface area (Å²) < 4.78 is 3.48. The van der Waals surface area contributed by atoms with Crippen molar-refractivity contribution in [2.24, 2.45) is 7.05 Å². The monoisotopic (exact) mass is 353 g/mol. The topological polar surface area (TPSA) is 90.5 Å². The van der Waals surface area contributed by atoms with Gasteiger partial charge < -0.3 is 5.32 Å². The van der Waals surface area contributed by atoms with Gasteiger partial charge in [0.2, 0.25) is 5.91 Å².